The fourth-order valence-corrected chi connectivity index (χ4v) is 0.222. The van der Waals surface area contributed by atoms with E-state index < -0.39 is 0 Å². The largest absolute Gasteiger partial charge is 0.318 e. The molecule has 0 fully saturated rings. The van der Waals surface area contributed by atoms with Crippen molar-refractivity contribution < 1.29 is 0 Å². The van der Waals surface area contributed by atoms with Crippen LogP contribution in [0.1, 0.15) is 0 Å². The van der Waals surface area contributed by atoms with Crippen LogP contribution < -0.4 is 0 Å². The van der Waals surface area contributed by atoms with Crippen molar-refractivity contribution in [3.05, 3.63) is 19.7 Å². The first-order valence-electron chi connectivity index (χ1n) is 1.55. The van der Waals surface area contributed by atoms with E-state index in [1.165, 1.54) is 17.2 Å². The third-order valence-corrected chi connectivity index (χ3v) is 0.467. The minimum atomic E-state index is 1.53. The van der Waals surface area contributed by atoms with Gasteiger partial charge >= 0.3 is 0 Å². The van der Waals surface area contributed by atoms with Crippen molar-refractivity contribution in [2.45, 2.75) is 0 Å². The van der Waals surface area contributed by atoms with Gasteiger partial charge in [0.1, 0.15) is 12.7 Å². The number of rotatable bonds is 0. The van der Waals surface area contributed by atoms with E-state index in [4.69, 9.17) is 0 Å². The molecular formula is C3H4N3. The molecule has 0 N–H and O–H groups in total. The summed E-state index contributed by atoms with van der Waals surface area (Å²) in [6.07, 6.45) is 3.06. The number of hydrogen-bond donors (Lipinski definition) is 0. The molecule has 1 rings (SSSR count). The van der Waals surface area contributed by atoms with Crippen molar-refractivity contribution in [2.75, 3.05) is 0 Å². The average Bonchev–Trinajstić information content (AvgIpc) is 1.86. The van der Waals surface area contributed by atoms with Crippen LogP contribution in [-0.4, -0.2) is 14.8 Å². The lowest BCUT2D eigenvalue weighted by Gasteiger charge is -1.73. The van der Waals surface area contributed by atoms with Gasteiger partial charge in [0.15, 0.2) is 0 Å². The van der Waals surface area contributed by atoms with Crippen LogP contribution in [0.2, 0.25) is 0 Å². The summed E-state index contributed by atoms with van der Waals surface area (Å²) < 4.78 is 1.53. The summed E-state index contributed by atoms with van der Waals surface area (Å²) in [5, 5.41) is 6.94. The summed E-state index contributed by atoms with van der Waals surface area (Å²) in [5.74, 6) is 0. The smallest absolute Gasteiger partial charge is 0.119 e. The molecule has 1 aromatic rings. The van der Waals surface area contributed by atoms with E-state index in [2.05, 4.69) is 17.2 Å². The summed E-state index contributed by atoms with van der Waals surface area (Å²) in [6.45, 7) is 0. The summed E-state index contributed by atoms with van der Waals surface area (Å²) in [5.41, 5.74) is 0. The van der Waals surface area contributed by atoms with Gasteiger partial charge < -0.3 is 4.57 Å². The van der Waals surface area contributed by atoms with Crippen molar-refractivity contribution in [1.82, 2.24) is 14.8 Å². The normalized spacial score (nSPS) is 8.83. The van der Waals surface area contributed by atoms with Crippen molar-refractivity contribution in [3.8, 4) is 0 Å². The van der Waals surface area contributed by atoms with E-state index >= 15 is 0 Å². The standard InChI is InChI=1S/C3H4N3/c1-6-2-4-5-3-6/h2-3H,1H2. The fourth-order valence-electron chi connectivity index (χ4n) is 0.222. The Bertz CT molecular complexity index is 110. The van der Waals surface area contributed by atoms with E-state index in [0.717, 1.165) is 0 Å². The Balaban J connectivity index is 3.05. The first kappa shape index (κ1) is 3.33. The van der Waals surface area contributed by atoms with Gasteiger partial charge in [-0.3, -0.25) is 0 Å². The summed E-state index contributed by atoms with van der Waals surface area (Å²) in [6, 6.07) is 0. The lowest BCUT2D eigenvalue weighted by Crippen LogP contribution is -1.72. The molecule has 0 atom stereocenters. The van der Waals surface area contributed by atoms with Crippen molar-refractivity contribution in [2.24, 2.45) is 0 Å². The van der Waals surface area contributed by atoms with Crippen LogP contribution in [0.3, 0.4) is 0 Å². The van der Waals surface area contributed by atoms with Crippen LogP contribution in [0, 0.1) is 7.05 Å². The first-order chi connectivity index (χ1) is 2.89. The molecule has 0 saturated carbocycles. The molecule has 1 radical (unpaired) electrons. The van der Waals surface area contributed by atoms with Crippen LogP contribution in [0.15, 0.2) is 12.7 Å². The highest BCUT2D eigenvalue weighted by atomic mass is 15.2. The Morgan fingerprint density at radius 1 is 1.33 bits per heavy atom. The lowest BCUT2D eigenvalue weighted by molar-refractivity contribution is 1.06. The molecule has 0 aliphatic carbocycles. The minimum Gasteiger partial charge on any atom is -0.318 e. The molecule has 0 saturated heterocycles. The van der Waals surface area contributed by atoms with Gasteiger partial charge in [0.05, 0.1) is 0 Å². The molecule has 0 amide bonds. The predicted molar refractivity (Wildman–Crippen MR) is 20.8 cm³/mol. The first-order valence-corrected chi connectivity index (χ1v) is 1.55. The van der Waals surface area contributed by atoms with Crippen LogP contribution in [0.5, 0.6) is 0 Å². The molecule has 3 heteroatoms. The molecule has 0 aliphatic heterocycles. The van der Waals surface area contributed by atoms with Crippen molar-refractivity contribution in [1.29, 1.82) is 0 Å². The van der Waals surface area contributed by atoms with Gasteiger partial charge in [0, 0.05) is 7.05 Å². The van der Waals surface area contributed by atoms with E-state index in [9.17, 15) is 0 Å². The highest BCUT2D eigenvalue weighted by Crippen LogP contribution is 1.69. The highest BCUT2D eigenvalue weighted by Gasteiger charge is 1.71. The average molecular weight is 82.1 g/mol. The third-order valence-electron chi connectivity index (χ3n) is 0.467. The zero-order chi connectivity index (χ0) is 4.41. The third kappa shape index (κ3) is 0.381. The summed E-state index contributed by atoms with van der Waals surface area (Å²) in [7, 11) is 3.47. The molecule has 6 heavy (non-hydrogen) atoms. The number of hydrogen-bond acceptors (Lipinski definition) is 2. The molecule has 1 heterocycles. The highest BCUT2D eigenvalue weighted by molar-refractivity contribution is 4.59. The Kier molecular flexibility index (Phi) is 0.602. The van der Waals surface area contributed by atoms with Gasteiger partial charge in [-0.05, 0) is 0 Å². The number of aromatic nitrogens is 3. The molecule has 0 bridgehead atoms. The molecular weight excluding hydrogens is 78.1 g/mol. The summed E-state index contributed by atoms with van der Waals surface area (Å²) >= 11 is 0. The Hall–Kier alpha value is -0.860. The molecule has 31 valence electrons. The Labute approximate surface area is 35.6 Å². The van der Waals surface area contributed by atoms with Gasteiger partial charge in [-0.2, -0.15) is 0 Å². The molecule has 3 nitrogen and oxygen atoms in total. The zero-order valence-electron chi connectivity index (χ0n) is 3.20. The van der Waals surface area contributed by atoms with E-state index in [1.54, 1.807) is 0 Å². The van der Waals surface area contributed by atoms with Crippen LogP contribution >= 0.6 is 0 Å². The second kappa shape index (κ2) is 1.08. The maximum absolute atomic E-state index is 3.47. The van der Waals surface area contributed by atoms with Gasteiger partial charge in [0.2, 0.25) is 0 Å². The quantitative estimate of drug-likeness (QED) is 0.438. The van der Waals surface area contributed by atoms with Gasteiger partial charge in [0.25, 0.3) is 0 Å². The Morgan fingerprint density at radius 2 is 1.83 bits per heavy atom. The molecule has 0 aromatic carbocycles. The minimum absolute atomic E-state index is 1.53. The van der Waals surface area contributed by atoms with Crippen LogP contribution in [-0.2, 0) is 0 Å². The van der Waals surface area contributed by atoms with Crippen molar-refractivity contribution >= 4 is 0 Å². The van der Waals surface area contributed by atoms with Crippen LogP contribution in [0.25, 0.3) is 0 Å². The second-order valence-electron chi connectivity index (χ2n) is 0.976. The topological polar surface area (TPSA) is 30.7 Å². The van der Waals surface area contributed by atoms with E-state index in [-0.39, 0.29) is 0 Å². The molecule has 0 unspecified atom stereocenters. The van der Waals surface area contributed by atoms with E-state index in [0.29, 0.717) is 0 Å². The van der Waals surface area contributed by atoms with Crippen molar-refractivity contribution in [3.63, 3.8) is 0 Å². The molecule has 0 aliphatic rings. The molecule has 0 spiro atoms. The monoisotopic (exact) mass is 82.0 g/mol. The van der Waals surface area contributed by atoms with Gasteiger partial charge in [-0.15, -0.1) is 10.2 Å². The number of nitrogens with zero attached hydrogens (tertiary/aromatic N) is 3. The second-order valence-corrected chi connectivity index (χ2v) is 0.976. The Morgan fingerprint density at radius 3 is 2.00 bits per heavy atom. The SMILES string of the molecule is [CH2]n1cnnc1. The maximum Gasteiger partial charge on any atom is 0.119 e. The van der Waals surface area contributed by atoms with E-state index in [1.807, 2.05) is 0 Å². The zero-order valence-corrected chi connectivity index (χ0v) is 3.20. The summed E-state index contributed by atoms with van der Waals surface area (Å²) in [4.78, 5) is 0. The van der Waals surface area contributed by atoms with Crippen LogP contribution in [0.4, 0.5) is 0 Å². The fraction of sp³-hybridized carbons (Fsp3) is 0. The molecule has 1 aromatic heterocycles. The lowest BCUT2D eigenvalue weighted by atomic mass is 11.1. The van der Waals surface area contributed by atoms with Gasteiger partial charge in [-0.25, -0.2) is 0 Å². The predicted octanol–water partition coefficient (Wildman–Crippen LogP) is -0.0822. The maximum atomic E-state index is 3.47. The van der Waals surface area contributed by atoms with Gasteiger partial charge in [-0.1, -0.05) is 0 Å².